The lowest BCUT2D eigenvalue weighted by atomic mass is 10.1. The maximum atomic E-state index is 5.84. The van der Waals surface area contributed by atoms with Gasteiger partial charge < -0.3 is 15.4 Å². The second kappa shape index (κ2) is 7.98. The lowest BCUT2D eigenvalue weighted by Gasteiger charge is -2.23. The molecular formula is C15H26N2O. The van der Waals surface area contributed by atoms with Gasteiger partial charge in [-0.1, -0.05) is 13.3 Å². The zero-order valence-electron chi connectivity index (χ0n) is 11.9. The molecule has 3 nitrogen and oxygen atoms in total. The average molecular weight is 250 g/mol. The van der Waals surface area contributed by atoms with Gasteiger partial charge in [-0.3, -0.25) is 0 Å². The number of nitrogens with two attached hydrogens (primary N) is 1. The summed E-state index contributed by atoms with van der Waals surface area (Å²) in [7, 11) is 0. The fourth-order valence-corrected chi connectivity index (χ4v) is 1.85. The molecule has 0 saturated heterocycles. The van der Waals surface area contributed by atoms with Crippen LogP contribution in [0.3, 0.4) is 0 Å². The van der Waals surface area contributed by atoms with Crippen LogP contribution in [-0.2, 0) is 4.74 Å². The van der Waals surface area contributed by atoms with Crippen LogP contribution in [0.4, 0.5) is 11.4 Å². The Kier molecular flexibility index (Phi) is 6.58. The lowest BCUT2D eigenvalue weighted by molar-refractivity contribution is 0.137. The standard InChI is InChI=1S/C15H26N2O/c1-4-6-10-18-11-9-17(5-2)14-7-8-15(16)13(3)12-14/h7-8,12H,4-6,9-11,16H2,1-3H3. The topological polar surface area (TPSA) is 38.5 Å². The van der Waals surface area contributed by atoms with Gasteiger partial charge in [0.2, 0.25) is 0 Å². The molecule has 0 radical (unpaired) electrons. The van der Waals surface area contributed by atoms with E-state index in [9.17, 15) is 0 Å². The summed E-state index contributed by atoms with van der Waals surface area (Å²) in [5.41, 5.74) is 9.06. The number of nitrogen functional groups attached to an aromatic ring is 1. The number of ether oxygens (including phenoxy) is 1. The largest absolute Gasteiger partial charge is 0.399 e. The number of likely N-dealkylation sites (N-methyl/N-ethyl adjacent to an activating group) is 1. The van der Waals surface area contributed by atoms with E-state index in [1.165, 1.54) is 12.1 Å². The zero-order valence-corrected chi connectivity index (χ0v) is 11.9. The summed E-state index contributed by atoms with van der Waals surface area (Å²) >= 11 is 0. The summed E-state index contributed by atoms with van der Waals surface area (Å²) in [5.74, 6) is 0. The Labute approximate surface area is 111 Å². The van der Waals surface area contributed by atoms with Gasteiger partial charge in [0.25, 0.3) is 0 Å². The average Bonchev–Trinajstić information content (AvgIpc) is 2.37. The molecule has 0 spiro atoms. The molecule has 0 heterocycles. The van der Waals surface area contributed by atoms with E-state index in [1.54, 1.807) is 0 Å². The van der Waals surface area contributed by atoms with E-state index in [1.807, 2.05) is 13.0 Å². The third-order valence-corrected chi connectivity index (χ3v) is 3.15. The number of benzene rings is 1. The summed E-state index contributed by atoms with van der Waals surface area (Å²) in [6.45, 7) is 9.97. The van der Waals surface area contributed by atoms with E-state index in [0.29, 0.717) is 0 Å². The van der Waals surface area contributed by atoms with Crippen LogP contribution in [0.1, 0.15) is 32.3 Å². The molecule has 0 amide bonds. The Morgan fingerprint density at radius 1 is 1.22 bits per heavy atom. The molecule has 3 heteroatoms. The Morgan fingerprint density at radius 3 is 2.61 bits per heavy atom. The lowest BCUT2D eigenvalue weighted by Crippen LogP contribution is -2.27. The molecule has 0 fully saturated rings. The highest BCUT2D eigenvalue weighted by Gasteiger charge is 2.05. The van der Waals surface area contributed by atoms with Crippen LogP contribution in [0.5, 0.6) is 0 Å². The second-order valence-corrected chi connectivity index (χ2v) is 4.59. The molecule has 102 valence electrons. The molecule has 18 heavy (non-hydrogen) atoms. The van der Waals surface area contributed by atoms with E-state index in [0.717, 1.165) is 44.0 Å². The maximum Gasteiger partial charge on any atom is 0.0641 e. The quantitative estimate of drug-likeness (QED) is 0.568. The number of rotatable bonds is 8. The monoisotopic (exact) mass is 250 g/mol. The summed E-state index contributed by atoms with van der Waals surface area (Å²) in [6, 6.07) is 6.20. The predicted molar refractivity (Wildman–Crippen MR) is 79.2 cm³/mol. The molecule has 1 aromatic carbocycles. The van der Waals surface area contributed by atoms with Crippen molar-refractivity contribution in [3.05, 3.63) is 23.8 Å². The van der Waals surface area contributed by atoms with E-state index in [-0.39, 0.29) is 0 Å². The van der Waals surface area contributed by atoms with Gasteiger partial charge in [0.05, 0.1) is 6.61 Å². The summed E-state index contributed by atoms with van der Waals surface area (Å²) in [6.07, 6.45) is 2.34. The van der Waals surface area contributed by atoms with Crippen molar-refractivity contribution < 1.29 is 4.74 Å². The molecule has 1 rings (SSSR count). The van der Waals surface area contributed by atoms with Gasteiger partial charge in [0, 0.05) is 31.1 Å². The minimum atomic E-state index is 0.789. The third kappa shape index (κ3) is 4.57. The fraction of sp³-hybridized carbons (Fsp3) is 0.600. The first-order chi connectivity index (χ1) is 8.69. The summed E-state index contributed by atoms with van der Waals surface area (Å²) in [5, 5.41) is 0. The highest BCUT2D eigenvalue weighted by molar-refractivity contribution is 5.57. The van der Waals surface area contributed by atoms with E-state index < -0.39 is 0 Å². The van der Waals surface area contributed by atoms with Crippen LogP contribution in [0.2, 0.25) is 0 Å². The number of aryl methyl sites for hydroxylation is 1. The van der Waals surface area contributed by atoms with Crippen molar-refractivity contribution in [3.63, 3.8) is 0 Å². The molecule has 2 N–H and O–H groups in total. The fourth-order valence-electron chi connectivity index (χ4n) is 1.85. The molecule has 0 aliphatic heterocycles. The van der Waals surface area contributed by atoms with Crippen LogP contribution < -0.4 is 10.6 Å². The van der Waals surface area contributed by atoms with E-state index >= 15 is 0 Å². The van der Waals surface area contributed by atoms with Crippen molar-refractivity contribution in [1.82, 2.24) is 0 Å². The third-order valence-electron chi connectivity index (χ3n) is 3.15. The van der Waals surface area contributed by atoms with Crippen LogP contribution in [0.15, 0.2) is 18.2 Å². The van der Waals surface area contributed by atoms with Crippen LogP contribution in [0.25, 0.3) is 0 Å². The van der Waals surface area contributed by atoms with Crippen LogP contribution >= 0.6 is 0 Å². The summed E-state index contributed by atoms with van der Waals surface area (Å²) < 4.78 is 5.62. The molecule has 0 atom stereocenters. The minimum absolute atomic E-state index is 0.789. The van der Waals surface area contributed by atoms with Gasteiger partial charge in [0.1, 0.15) is 0 Å². The van der Waals surface area contributed by atoms with Crippen molar-refractivity contribution in [2.75, 3.05) is 36.9 Å². The van der Waals surface area contributed by atoms with E-state index in [2.05, 4.69) is 30.9 Å². The molecule has 0 saturated carbocycles. The van der Waals surface area contributed by atoms with Crippen molar-refractivity contribution in [1.29, 1.82) is 0 Å². The van der Waals surface area contributed by atoms with Gasteiger partial charge in [0.15, 0.2) is 0 Å². The highest BCUT2D eigenvalue weighted by atomic mass is 16.5. The highest BCUT2D eigenvalue weighted by Crippen LogP contribution is 2.20. The first-order valence-corrected chi connectivity index (χ1v) is 6.87. The molecule has 1 aromatic rings. The van der Waals surface area contributed by atoms with Crippen LogP contribution in [-0.4, -0.2) is 26.3 Å². The first kappa shape index (κ1) is 14.8. The van der Waals surface area contributed by atoms with Crippen molar-refractivity contribution in [3.8, 4) is 0 Å². The van der Waals surface area contributed by atoms with Gasteiger partial charge in [-0.2, -0.15) is 0 Å². The van der Waals surface area contributed by atoms with E-state index in [4.69, 9.17) is 10.5 Å². The molecule has 0 bridgehead atoms. The van der Waals surface area contributed by atoms with Gasteiger partial charge >= 0.3 is 0 Å². The zero-order chi connectivity index (χ0) is 13.4. The summed E-state index contributed by atoms with van der Waals surface area (Å²) in [4.78, 5) is 2.32. The second-order valence-electron chi connectivity index (χ2n) is 4.59. The van der Waals surface area contributed by atoms with Crippen LogP contribution in [0, 0.1) is 6.92 Å². The molecule has 0 aromatic heterocycles. The molecular weight excluding hydrogens is 224 g/mol. The predicted octanol–water partition coefficient (Wildman–Crippen LogP) is 3.22. The number of nitrogens with zero attached hydrogens (tertiary/aromatic N) is 1. The molecule has 0 aliphatic rings. The SMILES string of the molecule is CCCCOCCN(CC)c1ccc(N)c(C)c1. The minimum Gasteiger partial charge on any atom is -0.399 e. The van der Waals surface area contributed by atoms with Gasteiger partial charge in [-0.25, -0.2) is 0 Å². The maximum absolute atomic E-state index is 5.84. The Bertz CT molecular complexity index is 352. The van der Waals surface area contributed by atoms with Gasteiger partial charge in [-0.05, 0) is 44.0 Å². The number of hydrogen-bond acceptors (Lipinski definition) is 3. The smallest absolute Gasteiger partial charge is 0.0641 e. The molecule has 0 aliphatic carbocycles. The van der Waals surface area contributed by atoms with Gasteiger partial charge in [-0.15, -0.1) is 0 Å². The Balaban J connectivity index is 2.47. The number of unbranched alkanes of at least 4 members (excludes halogenated alkanes) is 1. The van der Waals surface area contributed by atoms with Crippen molar-refractivity contribution in [2.45, 2.75) is 33.6 Å². The normalized spacial score (nSPS) is 10.6. The number of anilines is 2. The van der Waals surface area contributed by atoms with Crippen molar-refractivity contribution in [2.24, 2.45) is 0 Å². The number of hydrogen-bond donors (Lipinski definition) is 1. The Morgan fingerprint density at radius 2 is 2.00 bits per heavy atom. The first-order valence-electron chi connectivity index (χ1n) is 6.87. The molecule has 0 unspecified atom stereocenters. The van der Waals surface area contributed by atoms with Crippen molar-refractivity contribution >= 4 is 11.4 Å². The Hall–Kier alpha value is -1.22.